The van der Waals surface area contributed by atoms with E-state index in [1.54, 1.807) is 24.3 Å². The monoisotopic (exact) mass is 330 g/mol. The molecule has 1 N–H and O–H groups in total. The average molecular weight is 330 g/mol. The van der Waals surface area contributed by atoms with Gasteiger partial charge < -0.3 is 4.42 Å². The molecule has 2 aromatic heterocycles. The van der Waals surface area contributed by atoms with E-state index in [2.05, 4.69) is 17.2 Å². The number of halogens is 1. The van der Waals surface area contributed by atoms with Gasteiger partial charge in [0.15, 0.2) is 10.9 Å². The predicted octanol–water partition coefficient (Wildman–Crippen LogP) is 4.75. The molecule has 0 aliphatic heterocycles. The van der Waals surface area contributed by atoms with Gasteiger partial charge in [-0.2, -0.15) is 0 Å². The Balaban J connectivity index is 1.89. The van der Waals surface area contributed by atoms with Crippen LogP contribution in [0.2, 0.25) is 0 Å². The lowest BCUT2D eigenvalue weighted by Gasteiger charge is -2.00. The van der Waals surface area contributed by atoms with Crippen LogP contribution in [0.1, 0.15) is 28.8 Å². The van der Waals surface area contributed by atoms with Gasteiger partial charge in [-0.3, -0.25) is 10.1 Å². The SMILES string of the molecule is CCCc1sc(NC(=O)c2ccco2)nc1-c1ccc(F)cc1. The highest BCUT2D eigenvalue weighted by atomic mass is 32.1. The molecular weight excluding hydrogens is 315 g/mol. The fourth-order valence-corrected chi connectivity index (χ4v) is 3.28. The van der Waals surface area contributed by atoms with Crippen LogP contribution in [0.25, 0.3) is 11.3 Å². The second-order valence-electron chi connectivity index (χ2n) is 4.98. The van der Waals surface area contributed by atoms with Crippen molar-refractivity contribution in [3.8, 4) is 11.3 Å². The van der Waals surface area contributed by atoms with Crippen LogP contribution in [0.3, 0.4) is 0 Å². The molecule has 3 rings (SSSR count). The number of carbonyl (C=O) groups is 1. The molecule has 3 aromatic rings. The number of furan rings is 1. The van der Waals surface area contributed by atoms with Crippen molar-refractivity contribution in [1.82, 2.24) is 4.98 Å². The van der Waals surface area contributed by atoms with Crippen molar-refractivity contribution in [2.45, 2.75) is 19.8 Å². The van der Waals surface area contributed by atoms with E-state index in [9.17, 15) is 9.18 Å². The molecule has 1 aromatic carbocycles. The lowest BCUT2D eigenvalue weighted by molar-refractivity contribution is 0.0996. The van der Waals surface area contributed by atoms with Crippen molar-refractivity contribution in [2.24, 2.45) is 0 Å². The Labute approximate surface area is 137 Å². The van der Waals surface area contributed by atoms with Gasteiger partial charge in [-0.1, -0.05) is 13.3 Å². The number of nitrogens with zero attached hydrogens (tertiary/aromatic N) is 1. The molecule has 23 heavy (non-hydrogen) atoms. The topological polar surface area (TPSA) is 55.1 Å². The fraction of sp³-hybridized carbons (Fsp3) is 0.176. The van der Waals surface area contributed by atoms with Gasteiger partial charge in [0.05, 0.1) is 12.0 Å². The quantitative estimate of drug-likeness (QED) is 0.734. The van der Waals surface area contributed by atoms with Crippen molar-refractivity contribution >= 4 is 22.4 Å². The predicted molar refractivity (Wildman–Crippen MR) is 88.2 cm³/mol. The number of nitrogens with one attached hydrogen (secondary N) is 1. The van der Waals surface area contributed by atoms with E-state index in [0.29, 0.717) is 5.13 Å². The minimum Gasteiger partial charge on any atom is -0.459 e. The van der Waals surface area contributed by atoms with Crippen molar-refractivity contribution < 1.29 is 13.6 Å². The summed E-state index contributed by atoms with van der Waals surface area (Å²) < 4.78 is 18.2. The number of aryl methyl sites for hydroxylation is 1. The van der Waals surface area contributed by atoms with Crippen LogP contribution in [0, 0.1) is 5.82 Å². The molecule has 0 atom stereocenters. The number of aromatic nitrogens is 1. The zero-order chi connectivity index (χ0) is 16.2. The Morgan fingerprint density at radius 2 is 2.09 bits per heavy atom. The third-order valence-electron chi connectivity index (χ3n) is 3.26. The van der Waals surface area contributed by atoms with Gasteiger partial charge in [0.25, 0.3) is 5.91 Å². The highest BCUT2D eigenvalue weighted by Crippen LogP contribution is 2.32. The second kappa shape index (κ2) is 6.75. The molecule has 1 amide bonds. The standard InChI is InChI=1S/C17H15FN2O2S/c1-2-4-14-15(11-6-8-12(18)9-7-11)19-17(23-14)20-16(21)13-5-3-10-22-13/h3,5-10H,2,4H2,1H3,(H,19,20,21). The molecule has 0 spiro atoms. The first-order chi connectivity index (χ1) is 11.2. The number of rotatable bonds is 5. The third kappa shape index (κ3) is 3.48. The third-order valence-corrected chi connectivity index (χ3v) is 4.29. The first kappa shape index (κ1) is 15.4. The van der Waals surface area contributed by atoms with E-state index in [0.717, 1.165) is 29.0 Å². The number of amides is 1. The molecule has 0 unspecified atom stereocenters. The van der Waals surface area contributed by atoms with Gasteiger partial charge in [-0.05, 0) is 42.8 Å². The van der Waals surface area contributed by atoms with Gasteiger partial charge in [0.1, 0.15) is 5.82 Å². The zero-order valence-corrected chi connectivity index (χ0v) is 13.3. The molecule has 2 heterocycles. The number of benzene rings is 1. The van der Waals surface area contributed by atoms with Crippen molar-refractivity contribution in [3.63, 3.8) is 0 Å². The van der Waals surface area contributed by atoms with Crippen molar-refractivity contribution in [3.05, 3.63) is 59.1 Å². The maximum absolute atomic E-state index is 13.1. The van der Waals surface area contributed by atoms with Crippen LogP contribution >= 0.6 is 11.3 Å². The maximum Gasteiger partial charge on any atom is 0.293 e. The summed E-state index contributed by atoms with van der Waals surface area (Å²) in [5.74, 6) is -0.384. The second-order valence-corrected chi connectivity index (χ2v) is 6.06. The first-order valence-electron chi connectivity index (χ1n) is 7.28. The summed E-state index contributed by atoms with van der Waals surface area (Å²) in [4.78, 5) is 17.6. The van der Waals surface area contributed by atoms with Gasteiger partial charge in [0.2, 0.25) is 0 Å². The molecule has 0 saturated carbocycles. The Hall–Kier alpha value is -2.47. The smallest absolute Gasteiger partial charge is 0.293 e. The van der Waals surface area contributed by atoms with E-state index in [4.69, 9.17) is 4.42 Å². The minimum atomic E-state index is -0.336. The van der Waals surface area contributed by atoms with Gasteiger partial charge in [-0.25, -0.2) is 9.37 Å². The Morgan fingerprint density at radius 1 is 1.30 bits per heavy atom. The molecule has 0 radical (unpaired) electrons. The molecule has 0 aliphatic carbocycles. The molecule has 6 heteroatoms. The Morgan fingerprint density at radius 3 is 2.74 bits per heavy atom. The average Bonchev–Trinajstić information content (AvgIpc) is 3.19. The first-order valence-corrected chi connectivity index (χ1v) is 8.09. The van der Waals surface area contributed by atoms with Gasteiger partial charge in [0, 0.05) is 10.4 Å². The summed E-state index contributed by atoms with van der Waals surface area (Å²) >= 11 is 1.43. The van der Waals surface area contributed by atoms with Gasteiger partial charge in [-0.15, -0.1) is 11.3 Å². The van der Waals surface area contributed by atoms with Crippen LogP contribution in [0.4, 0.5) is 9.52 Å². The summed E-state index contributed by atoms with van der Waals surface area (Å²) in [5.41, 5.74) is 1.62. The number of hydrogen-bond donors (Lipinski definition) is 1. The van der Waals surface area contributed by atoms with Crippen LogP contribution in [0.15, 0.2) is 47.1 Å². The number of thiazole rings is 1. The zero-order valence-electron chi connectivity index (χ0n) is 12.5. The molecule has 0 bridgehead atoms. The highest BCUT2D eigenvalue weighted by molar-refractivity contribution is 7.16. The van der Waals surface area contributed by atoms with E-state index >= 15 is 0 Å². The van der Waals surface area contributed by atoms with E-state index in [1.807, 2.05) is 0 Å². The number of carbonyl (C=O) groups excluding carboxylic acids is 1. The maximum atomic E-state index is 13.1. The Bertz CT molecular complexity index is 795. The fourth-order valence-electron chi connectivity index (χ4n) is 2.20. The molecule has 4 nitrogen and oxygen atoms in total. The van der Waals surface area contributed by atoms with E-state index in [1.165, 1.54) is 29.7 Å². The molecule has 0 saturated heterocycles. The van der Waals surface area contributed by atoms with Crippen LogP contribution < -0.4 is 5.32 Å². The normalized spacial score (nSPS) is 10.7. The lowest BCUT2D eigenvalue weighted by atomic mass is 10.1. The van der Waals surface area contributed by atoms with Crippen molar-refractivity contribution in [1.29, 1.82) is 0 Å². The van der Waals surface area contributed by atoms with Gasteiger partial charge >= 0.3 is 0 Å². The number of hydrogen-bond acceptors (Lipinski definition) is 4. The molecule has 0 fully saturated rings. The largest absolute Gasteiger partial charge is 0.459 e. The summed E-state index contributed by atoms with van der Waals surface area (Å²) in [6.07, 6.45) is 3.26. The summed E-state index contributed by atoms with van der Waals surface area (Å²) in [7, 11) is 0. The summed E-state index contributed by atoms with van der Waals surface area (Å²) in [6.45, 7) is 2.08. The van der Waals surface area contributed by atoms with Crippen molar-refractivity contribution in [2.75, 3.05) is 5.32 Å². The van der Waals surface area contributed by atoms with E-state index < -0.39 is 0 Å². The number of anilines is 1. The summed E-state index contributed by atoms with van der Waals surface area (Å²) in [6, 6.07) is 9.46. The summed E-state index contributed by atoms with van der Waals surface area (Å²) in [5, 5.41) is 3.25. The van der Waals surface area contributed by atoms with Crippen LogP contribution in [-0.4, -0.2) is 10.9 Å². The van der Waals surface area contributed by atoms with Crippen LogP contribution in [-0.2, 0) is 6.42 Å². The van der Waals surface area contributed by atoms with E-state index in [-0.39, 0.29) is 17.5 Å². The highest BCUT2D eigenvalue weighted by Gasteiger charge is 2.16. The molecular formula is C17H15FN2O2S. The minimum absolute atomic E-state index is 0.237. The van der Waals surface area contributed by atoms with Crippen LogP contribution in [0.5, 0.6) is 0 Å². The molecule has 118 valence electrons. The Kier molecular flexibility index (Phi) is 4.52. The lowest BCUT2D eigenvalue weighted by Crippen LogP contribution is -2.10. The molecule has 0 aliphatic rings.